The van der Waals surface area contributed by atoms with Crippen LogP contribution in [-0.4, -0.2) is 29.8 Å². The topological polar surface area (TPSA) is 64.6 Å². The van der Waals surface area contributed by atoms with Crippen LogP contribution in [0.25, 0.3) is 6.08 Å². The molecule has 5 heteroatoms. The highest BCUT2D eigenvalue weighted by atomic mass is 16.6. The number of carbonyl (C=O) groups is 2. The molecule has 2 aromatic rings. The van der Waals surface area contributed by atoms with E-state index in [-0.39, 0.29) is 5.97 Å². The molecule has 1 aliphatic heterocycles. The highest BCUT2D eigenvalue weighted by molar-refractivity contribution is 5.95. The summed E-state index contributed by atoms with van der Waals surface area (Å²) in [5.74, 6) is -0.345. The number of amides is 1. The molecule has 0 spiro atoms. The van der Waals surface area contributed by atoms with Crippen LogP contribution in [0.15, 0.2) is 66.2 Å². The van der Waals surface area contributed by atoms with E-state index >= 15 is 0 Å². The first kappa shape index (κ1) is 20.6. The summed E-state index contributed by atoms with van der Waals surface area (Å²) in [5.41, 5.74) is 1.99. The summed E-state index contributed by atoms with van der Waals surface area (Å²) in [6, 6.07) is 19.1. The minimum Gasteiger partial charge on any atom is -0.456 e. The van der Waals surface area contributed by atoms with E-state index in [1.807, 2.05) is 87.5 Å². The van der Waals surface area contributed by atoms with Crippen molar-refractivity contribution in [3.8, 4) is 0 Å². The largest absolute Gasteiger partial charge is 0.456 e. The number of rotatable bonds is 5. The Morgan fingerprint density at radius 2 is 1.76 bits per heavy atom. The number of alkyl carbamates (subject to hydrolysis) is 1. The lowest BCUT2D eigenvalue weighted by Gasteiger charge is -2.26. The van der Waals surface area contributed by atoms with Crippen molar-refractivity contribution in [2.24, 2.45) is 0 Å². The molecule has 0 aliphatic carbocycles. The maximum atomic E-state index is 12.4. The van der Waals surface area contributed by atoms with Crippen LogP contribution in [0.4, 0.5) is 4.79 Å². The zero-order valence-corrected chi connectivity index (χ0v) is 17.1. The standard InChI is InChI=1S/C24H27NO4/c1-24(2,3)29-23(27)25-20(15-18-12-8-5-9-13-18)21-16-19(22(26)28-21)14-17-10-6-4-7-11-17/h4-14,20-21H,15-16H2,1-3H3,(H,25,27)/b19-14+/t20-,21+/m0/s1. The van der Waals surface area contributed by atoms with E-state index in [1.165, 1.54) is 0 Å². The van der Waals surface area contributed by atoms with Crippen LogP contribution in [0.1, 0.15) is 38.3 Å². The molecule has 2 aromatic carbocycles. The van der Waals surface area contributed by atoms with Crippen molar-refractivity contribution in [2.45, 2.75) is 51.4 Å². The van der Waals surface area contributed by atoms with Gasteiger partial charge in [0, 0.05) is 12.0 Å². The molecule has 0 aromatic heterocycles. The Labute approximate surface area is 171 Å². The maximum absolute atomic E-state index is 12.4. The molecule has 1 fully saturated rings. The lowest BCUT2D eigenvalue weighted by atomic mass is 9.97. The smallest absolute Gasteiger partial charge is 0.408 e. The number of hydrogen-bond donors (Lipinski definition) is 1. The van der Waals surface area contributed by atoms with Gasteiger partial charge in [0.2, 0.25) is 0 Å². The fraction of sp³-hybridized carbons (Fsp3) is 0.333. The Hall–Kier alpha value is -3.08. The molecule has 1 saturated heterocycles. The predicted molar refractivity (Wildman–Crippen MR) is 112 cm³/mol. The highest BCUT2D eigenvalue weighted by Crippen LogP contribution is 2.27. The number of esters is 1. The van der Waals surface area contributed by atoms with E-state index in [2.05, 4.69) is 5.32 Å². The average Bonchev–Trinajstić information content (AvgIpc) is 3.02. The summed E-state index contributed by atoms with van der Waals surface area (Å²) in [5, 5.41) is 2.90. The van der Waals surface area contributed by atoms with Crippen molar-refractivity contribution in [1.82, 2.24) is 5.32 Å². The maximum Gasteiger partial charge on any atom is 0.408 e. The first-order chi connectivity index (χ1) is 13.8. The molecule has 0 bridgehead atoms. The molecular weight excluding hydrogens is 366 g/mol. The third kappa shape index (κ3) is 6.21. The van der Waals surface area contributed by atoms with Gasteiger partial charge in [-0.25, -0.2) is 9.59 Å². The number of cyclic esters (lactones) is 1. The first-order valence-electron chi connectivity index (χ1n) is 9.80. The van der Waals surface area contributed by atoms with Crippen molar-refractivity contribution in [1.29, 1.82) is 0 Å². The number of carbonyl (C=O) groups excluding carboxylic acids is 2. The lowest BCUT2D eigenvalue weighted by molar-refractivity contribution is -0.139. The van der Waals surface area contributed by atoms with Crippen molar-refractivity contribution in [3.05, 3.63) is 77.4 Å². The van der Waals surface area contributed by atoms with Gasteiger partial charge in [-0.3, -0.25) is 0 Å². The molecule has 0 unspecified atom stereocenters. The Bertz CT molecular complexity index is 869. The third-order valence-electron chi connectivity index (χ3n) is 4.53. The molecule has 152 valence electrons. The second-order valence-electron chi connectivity index (χ2n) is 8.17. The third-order valence-corrected chi connectivity index (χ3v) is 4.53. The van der Waals surface area contributed by atoms with E-state index < -0.39 is 23.8 Å². The summed E-state index contributed by atoms with van der Waals surface area (Å²) < 4.78 is 11.0. The van der Waals surface area contributed by atoms with Crippen LogP contribution in [-0.2, 0) is 20.7 Å². The Morgan fingerprint density at radius 1 is 1.14 bits per heavy atom. The summed E-state index contributed by atoms with van der Waals surface area (Å²) >= 11 is 0. The first-order valence-corrected chi connectivity index (χ1v) is 9.80. The Morgan fingerprint density at radius 3 is 2.38 bits per heavy atom. The Balaban J connectivity index is 1.77. The quantitative estimate of drug-likeness (QED) is 0.599. The minimum absolute atomic E-state index is 0.345. The van der Waals surface area contributed by atoms with Crippen LogP contribution in [0.5, 0.6) is 0 Å². The van der Waals surface area contributed by atoms with Crippen LogP contribution in [0.2, 0.25) is 0 Å². The van der Waals surface area contributed by atoms with Gasteiger partial charge in [0.1, 0.15) is 11.7 Å². The van der Waals surface area contributed by atoms with Gasteiger partial charge >= 0.3 is 12.1 Å². The van der Waals surface area contributed by atoms with Gasteiger partial charge in [0.15, 0.2) is 0 Å². The average molecular weight is 393 g/mol. The molecular formula is C24H27NO4. The minimum atomic E-state index is -0.605. The van der Waals surface area contributed by atoms with Crippen molar-refractivity contribution >= 4 is 18.1 Å². The molecule has 1 N–H and O–H groups in total. The van der Waals surface area contributed by atoms with Crippen molar-refractivity contribution < 1.29 is 19.1 Å². The zero-order chi connectivity index (χ0) is 20.9. The molecule has 0 saturated carbocycles. The van der Waals surface area contributed by atoms with E-state index in [1.54, 1.807) is 0 Å². The number of nitrogens with one attached hydrogen (secondary N) is 1. The van der Waals surface area contributed by atoms with E-state index in [0.29, 0.717) is 18.4 Å². The fourth-order valence-electron chi connectivity index (χ4n) is 3.25. The lowest BCUT2D eigenvalue weighted by Crippen LogP contribution is -2.46. The van der Waals surface area contributed by atoms with Gasteiger partial charge < -0.3 is 14.8 Å². The molecule has 1 heterocycles. The van der Waals surface area contributed by atoms with Gasteiger partial charge in [0.05, 0.1) is 6.04 Å². The normalized spacial score (nSPS) is 18.9. The van der Waals surface area contributed by atoms with Crippen LogP contribution in [0.3, 0.4) is 0 Å². The summed E-state index contributed by atoms with van der Waals surface area (Å²) in [6.07, 6.45) is 1.84. The molecule has 0 radical (unpaired) electrons. The van der Waals surface area contributed by atoms with Gasteiger partial charge in [-0.05, 0) is 44.4 Å². The number of hydrogen-bond acceptors (Lipinski definition) is 4. The van der Waals surface area contributed by atoms with Crippen molar-refractivity contribution in [2.75, 3.05) is 0 Å². The molecule has 3 rings (SSSR count). The predicted octanol–water partition coefficient (Wildman–Crippen LogP) is 4.52. The van der Waals surface area contributed by atoms with Crippen LogP contribution >= 0.6 is 0 Å². The van der Waals surface area contributed by atoms with Crippen molar-refractivity contribution in [3.63, 3.8) is 0 Å². The second kappa shape index (κ2) is 8.95. The van der Waals surface area contributed by atoms with Crippen LogP contribution < -0.4 is 5.32 Å². The van der Waals surface area contributed by atoms with E-state index in [0.717, 1.165) is 11.1 Å². The number of benzene rings is 2. The fourth-order valence-corrected chi connectivity index (χ4v) is 3.25. The monoisotopic (exact) mass is 393 g/mol. The van der Waals surface area contributed by atoms with Crippen LogP contribution in [0, 0.1) is 0 Å². The van der Waals surface area contributed by atoms with Gasteiger partial charge in [0.25, 0.3) is 0 Å². The molecule has 2 atom stereocenters. The summed E-state index contributed by atoms with van der Waals surface area (Å²) in [6.45, 7) is 5.44. The molecule has 5 nitrogen and oxygen atoms in total. The zero-order valence-electron chi connectivity index (χ0n) is 17.1. The SMILES string of the molecule is CC(C)(C)OC(=O)N[C@@H](Cc1ccccc1)[C@H]1C/C(=C\c2ccccc2)C(=O)O1. The van der Waals surface area contributed by atoms with E-state index in [9.17, 15) is 9.59 Å². The van der Waals surface area contributed by atoms with Gasteiger partial charge in [-0.15, -0.1) is 0 Å². The van der Waals surface area contributed by atoms with Gasteiger partial charge in [-0.1, -0.05) is 60.7 Å². The van der Waals surface area contributed by atoms with Gasteiger partial charge in [-0.2, -0.15) is 0 Å². The second-order valence-corrected chi connectivity index (χ2v) is 8.17. The molecule has 1 aliphatic rings. The summed E-state index contributed by atoms with van der Waals surface area (Å²) in [4.78, 5) is 24.8. The van der Waals surface area contributed by atoms with E-state index in [4.69, 9.17) is 9.47 Å². The number of ether oxygens (including phenoxy) is 2. The molecule has 1 amide bonds. The Kier molecular flexibility index (Phi) is 6.37. The highest BCUT2D eigenvalue weighted by Gasteiger charge is 2.36. The summed E-state index contributed by atoms with van der Waals surface area (Å²) in [7, 11) is 0. The molecule has 29 heavy (non-hydrogen) atoms.